The van der Waals surface area contributed by atoms with Crippen molar-refractivity contribution in [3.05, 3.63) is 65.2 Å². The summed E-state index contributed by atoms with van der Waals surface area (Å²) >= 11 is 0. The Kier molecular flexibility index (Phi) is 11.1. The second-order valence-electron chi connectivity index (χ2n) is 7.40. The second kappa shape index (κ2) is 13.5. The van der Waals surface area contributed by atoms with E-state index in [0.29, 0.717) is 18.1 Å². The van der Waals surface area contributed by atoms with Crippen molar-refractivity contribution < 1.29 is 18.6 Å². The normalized spacial score (nSPS) is 15.0. The molecule has 0 aromatic heterocycles. The van der Waals surface area contributed by atoms with Gasteiger partial charge < -0.3 is 20.5 Å². The van der Waals surface area contributed by atoms with Gasteiger partial charge in [0, 0.05) is 32.7 Å². The van der Waals surface area contributed by atoms with Crippen LogP contribution >= 0.6 is 24.0 Å². The number of benzene rings is 2. The van der Waals surface area contributed by atoms with Crippen molar-refractivity contribution in [1.82, 2.24) is 15.5 Å². The van der Waals surface area contributed by atoms with Crippen molar-refractivity contribution in [2.75, 3.05) is 32.7 Å². The first-order chi connectivity index (χ1) is 15.0. The van der Waals surface area contributed by atoms with E-state index in [9.17, 15) is 13.9 Å². The van der Waals surface area contributed by atoms with Gasteiger partial charge in [0.1, 0.15) is 5.75 Å². The standard InChI is InChI=1S/C23H30F2N4O2.HI/c1-2-26-23(27-12-14-29-13-11-17-5-3-4-6-19(17)16-29)28-15-21(30)18-7-9-20(10-8-18)31-22(24)25;/h3-10,21-22,30H,2,11-16H2,1H3,(H2,26,27,28);1H. The van der Waals surface area contributed by atoms with Gasteiger partial charge in [-0.3, -0.25) is 9.89 Å². The van der Waals surface area contributed by atoms with E-state index in [2.05, 4.69) is 49.5 Å². The number of aliphatic imine (C=N–C) groups is 1. The number of nitrogens with zero attached hydrogens (tertiary/aromatic N) is 2. The number of guanidine groups is 1. The van der Waals surface area contributed by atoms with Crippen LogP contribution in [0.3, 0.4) is 0 Å². The van der Waals surface area contributed by atoms with Gasteiger partial charge in [-0.15, -0.1) is 24.0 Å². The summed E-state index contributed by atoms with van der Waals surface area (Å²) in [6, 6.07) is 14.5. The van der Waals surface area contributed by atoms with Gasteiger partial charge in [-0.25, -0.2) is 0 Å². The molecular formula is C23H31F2IN4O2. The fourth-order valence-corrected chi connectivity index (χ4v) is 3.57. The van der Waals surface area contributed by atoms with Gasteiger partial charge in [0.05, 0.1) is 12.6 Å². The van der Waals surface area contributed by atoms with Crippen molar-refractivity contribution in [1.29, 1.82) is 0 Å². The van der Waals surface area contributed by atoms with E-state index in [1.54, 1.807) is 12.1 Å². The largest absolute Gasteiger partial charge is 0.435 e. The quantitative estimate of drug-likeness (QED) is 0.249. The number of alkyl halides is 2. The SMILES string of the molecule is CCNC(=NCC(O)c1ccc(OC(F)F)cc1)NCCN1CCc2ccccc2C1.I. The minimum Gasteiger partial charge on any atom is -0.435 e. The zero-order chi connectivity index (χ0) is 22.1. The topological polar surface area (TPSA) is 69.1 Å². The number of rotatable bonds is 9. The molecule has 3 N–H and O–H groups in total. The Morgan fingerprint density at radius 3 is 2.53 bits per heavy atom. The molecule has 6 nitrogen and oxygen atoms in total. The van der Waals surface area contributed by atoms with Crippen LogP contribution in [-0.2, 0) is 13.0 Å². The van der Waals surface area contributed by atoms with Crippen LogP contribution in [0.4, 0.5) is 8.78 Å². The second-order valence-corrected chi connectivity index (χ2v) is 7.40. The molecule has 0 saturated carbocycles. The van der Waals surface area contributed by atoms with Gasteiger partial charge in [-0.2, -0.15) is 8.78 Å². The van der Waals surface area contributed by atoms with Crippen LogP contribution in [0.25, 0.3) is 0 Å². The summed E-state index contributed by atoms with van der Waals surface area (Å²) < 4.78 is 28.8. The van der Waals surface area contributed by atoms with Crippen LogP contribution in [-0.4, -0.2) is 55.3 Å². The van der Waals surface area contributed by atoms with Crippen molar-refractivity contribution in [2.24, 2.45) is 4.99 Å². The van der Waals surface area contributed by atoms with E-state index in [-0.39, 0.29) is 36.3 Å². The molecule has 32 heavy (non-hydrogen) atoms. The Labute approximate surface area is 205 Å². The Morgan fingerprint density at radius 2 is 1.84 bits per heavy atom. The molecule has 1 aliphatic rings. The van der Waals surface area contributed by atoms with Crippen molar-refractivity contribution in [2.45, 2.75) is 32.6 Å². The first-order valence-corrected chi connectivity index (χ1v) is 10.6. The molecule has 0 radical (unpaired) electrons. The first kappa shape index (κ1) is 26.3. The summed E-state index contributed by atoms with van der Waals surface area (Å²) in [7, 11) is 0. The maximum absolute atomic E-state index is 12.2. The molecule has 1 atom stereocenters. The molecule has 0 fully saturated rings. The third-order valence-electron chi connectivity index (χ3n) is 5.19. The third-order valence-corrected chi connectivity index (χ3v) is 5.19. The van der Waals surface area contributed by atoms with Gasteiger partial charge in [0.15, 0.2) is 5.96 Å². The van der Waals surface area contributed by atoms with Crippen LogP contribution < -0.4 is 15.4 Å². The molecule has 0 bridgehead atoms. The lowest BCUT2D eigenvalue weighted by atomic mass is 10.00. The van der Waals surface area contributed by atoms with Crippen LogP contribution in [0.5, 0.6) is 5.75 Å². The van der Waals surface area contributed by atoms with Crippen molar-refractivity contribution >= 4 is 29.9 Å². The predicted octanol–water partition coefficient (Wildman–Crippen LogP) is 3.55. The summed E-state index contributed by atoms with van der Waals surface area (Å²) in [4.78, 5) is 6.87. The molecule has 0 spiro atoms. The summed E-state index contributed by atoms with van der Waals surface area (Å²) in [6.07, 6.45) is 0.229. The van der Waals surface area contributed by atoms with Gasteiger partial charge in [-0.1, -0.05) is 36.4 Å². The molecule has 9 heteroatoms. The summed E-state index contributed by atoms with van der Waals surface area (Å²) in [5, 5.41) is 16.9. The summed E-state index contributed by atoms with van der Waals surface area (Å²) in [5.41, 5.74) is 3.42. The maximum Gasteiger partial charge on any atom is 0.387 e. The van der Waals surface area contributed by atoms with E-state index >= 15 is 0 Å². The highest BCUT2D eigenvalue weighted by molar-refractivity contribution is 14.0. The highest BCUT2D eigenvalue weighted by Gasteiger charge is 2.15. The van der Waals surface area contributed by atoms with Crippen molar-refractivity contribution in [3.8, 4) is 5.75 Å². The molecule has 1 heterocycles. The highest BCUT2D eigenvalue weighted by atomic mass is 127. The maximum atomic E-state index is 12.2. The fraction of sp³-hybridized carbons (Fsp3) is 0.435. The van der Waals surface area contributed by atoms with Crippen LogP contribution in [0.1, 0.15) is 29.7 Å². The first-order valence-electron chi connectivity index (χ1n) is 10.6. The van der Waals surface area contributed by atoms with E-state index in [1.165, 1.54) is 23.3 Å². The Balaban J connectivity index is 0.00000363. The lowest BCUT2D eigenvalue weighted by Gasteiger charge is -2.28. The van der Waals surface area contributed by atoms with E-state index in [4.69, 9.17) is 0 Å². The number of ether oxygens (including phenoxy) is 1. The lowest BCUT2D eigenvalue weighted by Crippen LogP contribution is -2.42. The number of aliphatic hydroxyl groups excluding tert-OH is 1. The Hall–Kier alpha value is -1.98. The minimum absolute atomic E-state index is 0. The fourth-order valence-electron chi connectivity index (χ4n) is 3.57. The van der Waals surface area contributed by atoms with Crippen LogP contribution in [0.15, 0.2) is 53.5 Å². The molecule has 2 aromatic rings. The Morgan fingerprint density at radius 1 is 1.12 bits per heavy atom. The molecule has 0 aliphatic carbocycles. The van der Waals surface area contributed by atoms with E-state index in [0.717, 1.165) is 32.6 Å². The zero-order valence-corrected chi connectivity index (χ0v) is 20.5. The smallest absolute Gasteiger partial charge is 0.387 e. The zero-order valence-electron chi connectivity index (χ0n) is 18.1. The number of halogens is 3. The highest BCUT2D eigenvalue weighted by Crippen LogP contribution is 2.20. The number of nitrogens with one attached hydrogen (secondary N) is 2. The average Bonchev–Trinajstić information content (AvgIpc) is 2.77. The molecule has 1 aliphatic heterocycles. The third kappa shape index (κ3) is 8.18. The minimum atomic E-state index is -2.87. The molecule has 0 saturated heterocycles. The number of hydrogen-bond acceptors (Lipinski definition) is 4. The van der Waals surface area contributed by atoms with Gasteiger partial charge in [0.25, 0.3) is 0 Å². The van der Waals surface area contributed by atoms with Gasteiger partial charge >= 0.3 is 6.61 Å². The molecule has 1 unspecified atom stereocenters. The Bertz CT molecular complexity index is 852. The summed E-state index contributed by atoms with van der Waals surface area (Å²) in [5.74, 6) is 0.696. The molecular weight excluding hydrogens is 529 g/mol. The van der Waals surface area contributed by atoms with Crippen LogP contribution in [0.2, 0.25) is 0 Å². The monoisotopic (exact) mass is 560 g/mol. The molecule has 176 valence electrons. The predicted molar refractivity (Wildman–Crippen MR) is 133 cm³/mol. The number of hydrogen-bond donors (Lipinski definition) is 3. The van der Waals surface area contributed by atoms with Crippen LogP contribution in [0, 0.1) is 0 Å². The van der Waals surface area contributed by atoms with E-state index in [1.807, 2.05) is 6.92 Å². The average molecular weight is 560 g/mol. The number of fused-ring (bicyclic) bond motifs is 1. The summed E-state index contributed by atoms with van der Waals surface area (Å²) in [6.45, 7) is 3.61. The molecule has 3 rings (SSSR count). The van der Waals surface area contributed by atoms with Gasteiger partial charge in [0.2, 0.25) is 0 Å². The van der Waals surface area contributed by atoms with Crippen molar-refractivity contribution in [3.63, 3.8) is 0 Å². The van der Waals surface area contributed by atoms with E-state index < -0.39 is 12.7 Å². The molecule has 0 amide bonds. The number of aliphatic hydroxyl groups is 1. The molecule has 2 aromatic carbocycles. The van der Waals surface area contributed by atoms with Gasteiger partial charge in [-0.05, 0) is 42.2 Å². The lowest BCUT2D eigenvalue weighted by molar-refractivity contribution is -0.0498.